The monoisotopic (exact) mass is 508 g/mol. The number of benzene rings is 1. The number of nitrogens with one attached hydrogen (secondary N) is 1. The smallest absolute Gasteiger partial charge is 0.151 e. The third kappa shape index (κ3) is 4.60. The zero-order valence-electron chi connectivity index (χ0n) is 18.9. The number of nitrogens with zero attached hydrogens (tertiary/aromatic N) is 6. The summed E-state index contributed by atoms with van der Waals surface area (Å²) < 4.78 is 6.14. The molecule has 3 N–H and O–H groups in total. The summed E-state index contributed by atoms with van der Waals surface area (Å²) in [6.07, 6.45) is 3.83. The Hall–Kier alpha value is -3.45. The number of H-pyrrole nitrogens is 1. The molecule has 3 aromatic heterocycles. The van der Waals surface area contributed by atoms with E-state index in [1.807, 2.05) is 37.3 Å². The molecule has 0 unspecified atom stereocenters. The molecule has 1 aromatic carbocycles. The van der Waals surface area contributed by atoms with Gasteiger partial charge in [-0.3, -0.25) is 10.1 Å². The fourth-order valence-electron chi connectivity index (χ4n) is 4.29. The second-order valence-corrected chi connectivity index (χ2v) is 9.52. The average Bonchev–Trinajstić information content (AvgIpc) is 3.24. The number of fused-ring (bicyclic) bond motifs is 1. The minimum Gasteiger partial charge on any atom is -0.486 e. The van der Waals surface area contributed by atoms with E-state index in [2.05, 4.69) is 36.3 Å². The molecule has 11 heteroatoms. The van der Waals surface area contributed by atoms with E-state index in [-0.39, 0.29) is 11.6 Å². The van der Waals surface area contributed by atoms with E-state index in [0.29, 0.717) is 58.7 Å². The third-order valence-electron chi connectivity index (χ3n) is 6.11. The normalized spacial score (nSPS) is 15.5. The molecule has 1 saturated heterocycles. The Morgan fingerprint density at radius 3 is 2.66 bits per heavy atom. The highest BCUT2D eigenvalue weighted by atomic mass is 35.5. The summed E-state index contributed by atoms with van der Waals surface area (Å²) in [4.78, 5) is 6.05. The zero-order valence-corrected chi connectivity index (χ0v) is 20.4. The Kier molecular flexibility index (Phi) is 6.19. The number of nitrogens with two attached hydrogens (primary N) is 1. The molecule has 4 heterocycles. The third-order valence-corrected chi connectivity index (χ3v) is 6.71. The summed E-state index contributed by atoms with van der Waals surface area (Å²) in [6, 6.07) is 11.6. The van der Waals surface area contributed by atoms with Crippen LogP contribution in [0.1, 0.15) is 31.4 Å². The van der Waals surface area contributed by atoms with E-state index in [0.717, 1.165) is 16.7 Å². The lowest BCUT2D eigenvalue weighted by atomic mass is 9.86. The maximum atomic E-state index is 8.79. The number of pyridine rings is 1. The first-order valence-electron chi connectivity index (χ1n) is 11.1. The first kappa shape index (κ1) is 23.3. The van der Waals surface area contributed by atoms with Gasteiger partial charge in [0.25, 0.3) is 0 Å². The van der Waals surface area contributed by atoms with Crippen molar-refractivity contribution >= 4 is 39.9 Å². The van der Waals surface area contributed by atoms with Crippen molar-refractivity contribution in [3.8, 4) is 23.2 Å². The van der Waals surface area contributed by atoms with Gasteiger partial charge >= 0.3 is 0 Å². The highest BCUT2D eigenvalue weighted by Gasteiger charge is 2.39. The highest BCUT2D eigenvalue weighted by molar-refractivity contribution is 6.35. The molecular weight excluding hydrogens is 487 g/mol. The van der Waals surface area contributed by atoms with Crippen molar-refractivity contribution in [2.75, 3.05) is 18.0 Å². The van der Waals surface area contributed by atoms with E-state index >= 15 is 0 Å². The van der Waals surface area contributed by atoms with Crippen LogP contribution in [0.2, 0.25) is 10.0 Å². The van der Waals surface area contributed by atoms with Crippen molar-refractivity contribution in [1.29, 1.82) is 5.26 Å². The van der Waals surface area contributed by atoms with Crippen LogP contribution in [0.15, 0.2) is 42.7 Å². The van der Waals surface area contributed by atoms with Crippen molar-refractivity contribution in [2.45, 2.75) is 31.4 Å². The van der Waals surface area contributed by atoms with Gasteiger partial charge in [-0.25, -0.2) is 0 Å². The van der Waals surface area contributed by atoms with Crippen LogP contribution in [0, 0.1) is 11.3 Å². The van der Waals surface area contributed by atoms with E-state index in [1.54, 1.807) is 12.4 Å². The molecule has 4 aromatic rings. The largest absolute Gasteiger partial charge is 0.486 e. The molecule has 0 saturated carbocycles. The quantitative estimate of drug-likeness (QED) is 0.367. The van der Waals surface area contributed by atoms with Gasteiger partial charge in [-0.2, -0.15) is 10.4 Å². The Bertz CT molecular complexity index is 1390. The number of anilines is 1. The van der Waals surface area contributed by atoms with E-state index in [4.69, 9.17) is 38.9 Å². The SMILES string of the molecule is C[C@@H](Oc1ccc2[nH]nc(-c3ccc(N4CC(N)(CCC#N)C4)nn3)c2c1)c1c(Cl)cncc1Cl. The standard InChI is InChI=1S/C24H22Cl2N8O/c1-14(22-17(25)10-29-11-18(22)26)35-15-3-4-19-16(9-15)23(33-30-19)20-5-6-21(32-31-20)34-12-24(28,13-34)7-2-8-27/h3-6,9-11,14H,2,7,12-13,28H2,1H3,(H,30,33)/t14-/m1/s1. The van der Waals surface area contributed by atoms with E-state index < -0.39 is 0 Å². The van der Waals surface area contributed by atoms with Gasteiger partial charge in [0.1, 0.15) is 23.2 Å². The van der Waals surface area contributed by atoms with Crippen LogP contribution in [0.25, 0.3) is 22.3 Å². The van der Waals surface area contributed by atoms with Gasteiger partial charge in [0.2, 0.25) is 0 Å². The molecule has 0 aliphatic carbocycles. The van der Waals surface area contributed by atoms with Gasteiger partial charge in [0, 0.05) is 42.9 Å². The number of nitriles is 1. The molecule has 35 heavy (non-hydrogen) atoms. The highest BCUT2D eigenvalue weighted by Crippen LogP contribution is 2.35. The summed E-state index contributed by atoms with van der Waals surface area (Å²) in [6.45, 7) is 3.18. The van der Waals surface area contributed by atoms with E-state index in [1.165, 1.54) is 0 Å². The summed E-state index contributed by atoms with van der Waals surface area (Å²) in [5.41, 5.74) is 8.79. The van der Waals surface area contributed by atoms with Crippen molar-refractivity contribution < 1.29 is 4.74 Å². The lowest BCUT2D eigenvalue weighted by Gasteiger charge is -2.48. The molecule has 5 rings (SSSR count). The number of hydrogen-bond acceptors (Lipinski definition) is 8. The predicted octanol–water partition coefficient (Wildman–Crippen LogP) is 4.68. The zero-order chi connectivity index (χ0) is 24.6. The summed E-state index contributed by atoms with van der Waals surface area (Å²) >= 11 is 12.6. The molecule has 1 fully saturated rings. The molecule has 1 atom stereocenters. The number of rotatable bonds is 7. The van der Waals surface area contributed by atoms with E-state index in [9.17, 15) is 0 Å². The first-order valence-corrected chi connectivity index (χ1v) is 11.8. The van der Waals surface area contributed by atoms with Crippen molar-refractivity contribution in [3.05, 3.63) is 58.3 Å². The maximum Gasteiger partial charge on any atom is 0.151 e. The molecule has 9 nitrogen and oxygen atoms in total. The molecule has 0 bridgehead atoms. The molecule has 1 aliphatic heterocycles. The molecule has 0 amide bonds. The van der Waals surface area contributed by atoms with Gasteiger partial charge in [-0.1, -0.05) is 23.2 Å². The number of halogens is 2. The fourth-order valence-corrected chi connectivity index (χ4v) is 4.97. The second kappa shape index (κ2) is 9.30. The summed E-state index contributed by atoms with van der Waals surface area (Å²) in [5.74, 6) is 1.38. The van der Waals surface area contributed by atoms with Gasteiger partial charge < -0.3 is 15.4 Å². The van der Waals surface area contributed by atoms with Crippen LogP contribution in [-0.2, 0) is 0 Å². The van der Waals surface area contributed by atoms with Gasteiger partial charge in [0.05, 0.1) is 27.2 Å². The topological polar surface area (TPSA) is 130 Å². The van der Waals surface area contributed by atoms with Crippen LogP contribution in [-0.4, -0.2) is 44.0 Å². The van der Waals surface area contributed by atoms with Gasteiger partial charge in [-0.05, 0) is 43.7 Å². The molecule has 178 valence electrons. The van der Waals surface area contributed by atoms with Gasteiger partial charge in [0.15, 0.2) is 5.82 Å². The fraction of sp³-hybridized carbons (Fsp3) is 0.292. The molecule has 0 radical (unpaired) electrons. The molecule has 1 aliphatic rings. The lowest BCUT2D eigenvalue weighted by Crippen LogP contribution is -2.67. The lowest BCUT2D eigenvalue weighted by molar-refractivity contribution is 0.227. The number of ether oxygens (including phenoxy) is 1. The van der Waals surface area contributed by atoms with Crippen LogP contribution >= 0.6 is 23.2 Å². The Morgan fingerprint density at radius 2 is 1.97 bits per heavy atom. The Balaban J connectivity index is 1.34. The van der Waals surface area contributed by atoms with Crippen molar-refractivity contribution in [3.63, 3.8) is 0 Å². The molecular formula is C24H22Cl2N8O. The first-order chi connectivity index (χ1) is 16.9. The minimum atomic E-state index is -0.385. The number of hydrogen-bond donors (Lipinski definition) is 2. The predicted molar refractivity (Wildman–Crippen MR) is 134 cm³/mol. The van der Waals surface area contributed by atoms with Crippen LogP contribution in [0.4, 0.5) is 5.82 Å². The summed E-state index contributed by atoms with van der Waals surface area (Å²) in [5, 5.41) is 26.8. The van der Waals surface area contributed by atoms with Gasteiger partial charge in [-0.15, -0.1) is 10.2 Å². The van der Waals surface area contributed by atoms with Crippen molar-refractivity contribution in [1.82, 2.24) is 25.4 Å². The number of aromatic amines is 1. The van der Waals surface area contributed by atoms with Crippen molar-refractivity contribution in [2.24, 2.45) is 5.73 Å². The van der Waals surface area contributed by atoms with Crippen LogP contribution < -0.4 is 15.4 Å². The van der Waals surface area contributed by atoms with Crippen LogP contribution in [0.3, 0.4) is 0 Å². The minimum absolute atomic E-state index is 0.341. The summed E-state index contributed by atoms with van der Waals surface area (Å²) in [7, 11) is 0. The maximum absolute atomic E-state index is 8.79. The average molecular weight is 509 g/mol. The Morgan fingerprint density at radius 1 is 1.20 bits per heavy atom. The van der Waals surface area contributed by atoms with Crippen LogP contribution in [0.5, 0.6) is 5.75 Å². The molecule has 0 spiro atoms. The number of aromatic nitrogens is 5. The second-order valence-electron chi connectivity index (χ2n) is 8.71. The Labute approximate surface area is 211 Å².